The van der Waals surface area contributed by atoms with Crippen LogP contribution in [-0.4, -0.2) is 12.3 Å². The molecule has 2 nitrogen and oxygen atoms in total. The molecular formula is C22H34N2. The van der Waals surface area contributed by atoms with Gasteiger partial charge in [-0.05, 0) is 48.6 Å². The standard InChI is InChI=1S/C22H34N2/c1-6-7-15-23-20-13-8-9-14-21(20)24-22-18(16(2)3)11-10-12-19(22)17(4)5/h10-12,14,16-17,24H,6-9,13,15H2,1-5H3. The zero-order chi connectivity index (χ0) is 17.5. The lowest BCUT2D eigenvalue weighted by atomic mass is 9.92. The molecule has 0 amide bonds. The fourth-order valence-electron chi connectivity index (χ4n) is 3.26. The van der Waals surface area contributed by atoms with E-state index in [-0.39, 0.29) is 0 Å². The summed E-state index contributed by atoms with van der Waals surface area (Å²) in [5.74, 6) is 1.02. The Morgan fingerprint density at radius 3 is 2.33 bits per heavy atom. The molecule has 0 heterocycles. The van der Waals surface area contributed by atoms with Gasteiger partial charge in [0, 0.05) is 12.2 Å². The lowest BCUT2D eigenvalue weighted by Crippen LogP contribution is -2.18. The van der Waals surface area contributed by atoms with Crippen LogP contribution in [0.4, 0.5) is 5.69 Å². The van der Waals surface area contributed by atoms with E-state index in [1.54, 1.807) is 0 Å². The van der Waals surface area contributed by atoms with E-state index < -0.39 is 0 Å². The van der Waals surface area contributed by atoms with Crippen LogP contribution in [0.15, 0.2) is 35.0 Å². The van der Waals surface area contributed by atoms with Gasteiger partial charge in [0.1, 0.15) is 0 Å². The van der Waals surface area contributed by atoms with E-state index in [4.69, 9.17) is 4.99 Å². The molecular weight excluding hydrogens is 292 g/mol. The fourth-order valence-corrected chi connectivity index (χ4v) is 3.26. The van der Waals surface area contributed by atoms with Crippen LogP contribution in [-0.2, 0) is 0 Å². The molecule has 2 rings (SSSR count). The first-order valence-electron chi connectivity index (χ1n) is 9.68. The van der Waals surface area contributed by atoms with Gasteiger partial charge in [0.2, 0.25) is 0 Å². The van der Waals surface area contributed by atoms with Gasteiger partial charge in [0.25, 0.3) is 0 Å². The van der Waals surface area contributed by atoms with Crippen LogP contribution in [0, 0.1) is 0 Å². The molecule has 0 spiro atoms. The number of hydrogen-bond donors (Lipinski definition) is 1. The number of anilines is 1. The smallest absolute Gasteiger partial charge is 0.0579 e. The van der Waals surface area contributed by atoms with Gasteiger partial charge < -0.3 is 5.32 Å². The lowest BCUT2D eigenvalue weighted by molar-refractivity contribution is 0.794. The third kappa shape index (κ3) is 4.72. The zero-order valence-corrected chi connectivity index (χ0v) is 16.2. The normalized spacial score (nSPS) is 16.8. The van der Waals surface area contributed by atoms with Crippen LogP contribution in [0.2, 0.25) is 0 Å². The molecule has 1 aliphatic rings. The van der Waals surface area contributed by atoms with Crippen molar-refractivity contribution in [1.82, 2.24) is 0 Å². The number of aliphatic imine (C=N–C) groups is 1. The number of rotatable bonds is 7. The van der Waals surface area contributed by atoms with E-state index in [1.807, 2.05) is 0 Å². The van der Waals surface area contributed by atoms with Gasteiger partial charge in [-0.1, -0.05) is 65.3 Å². The minimum Gasteiger partial charge on any atom is -0.354 e. The average molecular weight is 327 g/mol. The van der Waals surface area contributed by atoms with Gasteiger partial charge in [-0.2, -0.15) is 0 Å². The van der Waals surface area contributed by atoms with Crippen molar-refractivity contribution in [3.63, 3.8) is 0 Å². The number of nitrogens with one attached hydrogen (secondary N) is 1. The molecule has 0 saturated carbocycles. The van der Waals surface area contributed by atoms with E-state index in [2.05, 4.69) is 64.2 Å². The van der Waals surface area contributed by atoms with Crippen LogP contribution in [0.3, 0.4) is 0 Å². The maximum atomic E-state index is 4.89. The van der Waals surface area contributed by atoms with Crippen LogP contribution in [0.5, 0.6) is 0 Å². The second-order valence-corrected chi connectivity index (χ2v) is 7.44. The Balaban J connectivity index is 2.34. The molecule has 0 fully saturated rings. The molecule has 1 aromatic rings. The molecule has 0 aliphatic heterocycles. The van der Waals surface area contributed by atoms with Crippen LogP contribution >= 0.6 is 0 Å². The summed E-state index contributed by atoms with van der Waals surface area (Å²) >= 11 is 0. The lowest BCUT2D eigenvalue weighted by Gasteiger charge is -2.24. The van der Waals surface area contributed by atoms with Crippen LogP contribution in [0.1, 0.15) is 89.7 Å². The second kappa shape index (κ2) is 9.05. The van der Waals surface area contributed by atoms with E-state index in [0.29, 0.717) is 11.8 Å². The first-order chi connectivity index (χ1) is 11.5. The highest BCUT2D eigenvalue weighted by atomic mass is 14.9. The minimum atomic E-state index is 0.510. The Labute approximate surface area is 148 Å². The summed E-state index contributed by atoms with van der Waals surface area (Å²) in [6.45, 7) is 12.3. The van der Waals surface area contributed by atoms with E-state index in [0.717, 1.165) is 19.4 Å². The molecule has 24 heavy (non-hydrogen) atoms. The first kappa shape index (κ1) is 18.8. The average Bonchev–Trinajstić information content (AvgIpc) is 2.56. The monoisotopic (exact) mass is 326 g/mol. The van der Waals surface area contributed by atoms with Crippen molar-refractivity contribution in [3.05, 3.63) is 41.1 Å². The predicted octanol–water partition coefficient (Wildman–Crippen LogP) is 6.65. The summed E-state index contributed by atoms with van der Waals surface area (Å²) in [6, 6.07) is 6.72. The largest absolute Gasteiger partial charge is 0.354 e. The van der Waals surface area contributed by atoms with Gasteiger partial charge in [0.05, 0.1) is 11.4 Å². The molecule has 0 saturated heterocycles. The summed E-state index contributed by atoms with van der Waals surface area (Å²) in [7, 11) is 0. The summed E-state index contributed by atoms with van der Waals surface area (Å²) in [6.07, 6.45) is 8.20. The quantitative estimate of drug-likeness (QED) is 0.557. The number of hydrogen-bond acceptors (Lipinski definition) is 2. The van der Waals surface area contributed by atoms with Crippen molar-refractivity contribution in [2.45, 2.75) is 78.6 Å². The van der Waals surface area contributed by atoms with Gasteiger partial charge in [-0.25, -0.2) is 0 Å². The molecule has 1 aliphatic carbocycles. The highest BCUT2D eigenvalue weighted by Crippen LogP contribution is 2.34. The van der Waals surface area contributed by atoms with E-state index >= 15 is 0 Å². The molecule has 1 N–H and O–H groups in total. The maximum absolute atomic E-state index is 4.89. The summed E-state index contributed by atoms with van der Waals surface area (Å²) in [5, 5.41) is 3.79. The highest BCUT2D eigenvalue weighted by Gasteiger charge is 2.18. The minimum absolute atomic E-state index is 0.510. The maximum Gasteiger partial charge on any atom is 0.0579 e. The molecule has 0 radical (unpaired) electrons. The van der Waals surface area contributed by atoms with Crippen molar-refractivity contribution in [3.8, 4) is 0 Å². The molecule has 132 valence electrons. The molecule has 0 atom stereocenters. The zero-order valence-electron chi connectivity index (χ0n) is 16.2. The second-order valence-electron chi connectivity index (χ2n) is 7.44. The van der Waals surface area contributed by atoms with Crippen molar-refractivity contribution in [2.75, 3.05) is 11.9 Å². The fraction of sp³-hybridized carbons (Fsp3) is 0.591. The van der Waals surface area contributed by atoms with Crippen molar-refractivity contribution in [1.29, 1.82) is 0 Å². The molecule has 0 bridgehead atoms. The Morgan fingerprint density at radius 2 is 1.75 bits per heavy atom. The Morgan fingerprint density at radius 1 is 1.08 bits per heavy atom. The SMILES string of the molecule is CCCCN=C1CCCC=C1Nc1c(C(C)C)cccc1C(C)C. The van der Waals surface area contributed by atoms with Gasteiger partial charge in [-0.15, -0.1) is 0 Å². The van der Waals surface area contributed by atoms with E-state index in [9.17, 15) is 0 Å². The van der Waals surface area contributed by atoms with Gasteiger partial charge in [0.15, 0.2) is 0 Å². The van der Waals surface area contributed by atoms with Crippen molar-refractivity contribution < 1.29 is 0 Å². The first-order valence-corrected chi connectivity index (χ1v) is 9.68. The van der Waals surface area contributed by atoms with Crippen molar-refractivity contribution in [2.24, 2.45) is 4.99 Å². The molecule has 2 heteroatoms. The number of para-hydroxylation sites is 1. The highest BCUT2D eigenvalue weighted by molar-refractivity contribution is 6.03. The summed E-state index contributed by atoms with van der Waals surface area (Å²) in [4.78, 5) is 4.89. The van der Waals surface area contributed by atoms with E-state index in [1.165, 1.54) is 47.5 Å². The Kier molecular flexibility index (Phi) is 7.08. The van der Waals surface area contributed by atoms with Crippen molar-refractivity contribution >= 4 is 11.4 Å². The molecule has 0 unspecified atom stereocenters. The number of unbranched alkanes of at least 4 members (excludes halogenated alkanes) is 1. The molecule has 1 aromatic carbocycles. The summed E-state index contributed by atoms with van der Waals surface area (Å²) in [5.41, 5.74) is 6.62. The van der Waals surface area contributed by atoms with Gasteiger partial charge in [-0.3, -0.25) is 4.99 Å². The number of benzene rings is 1. The third-order valence-corrected chi connectivity index (χ3v) is 4.72. The molecule has 0 aromatic heterocycles. The number of allylic oxidation sites excluding steroid dienone is 2. The van der Waals surface area contributed by atoms with Crippen LogP contribution in [0.25, 0.3) is 0 Å². The predicted molar refractivity (Wildman–Crippen MR) is 107 cm³/mol. The topological polar surface area (TPSA) is 24.4 Å². The van der Waals surface area contributed by atoms with Crippen LogP contribution < -0.4 is 5.32 Å². The Hall–Kier alpha value is -1.57. The third-order valence-electron chi connectivity index (χ3n) is 4.72. The van der Waals surface area contributed by atoms with Gasteiger partial charge >= 0.3 is 0 Å². The number of nitrogens with zero attached hydrogens (tertiary/aromatic N) is 1. The Bertz CT molecular complexity index is 568. The summed E-state index contributed by atoms with van der Waals surface area (Å²) < 4.78 is 0.